The van der Waals surface area contributed by atoms with E-state index in [2.05, 4.69) is 161 Å². The van der Waals surface area contributed by atoms with E-state index in [0.29, 0.717) is 0 Å². The summed E-state index contributed by atoms with van der Waals surface area (Å²) in [5, 5.41) is 0. The van der Waals surface area contributed by atoms with Crippen molar-refractivity contribution in [3.8, 4) is 0 Å². The van der Waals surface area contributed by atoms with Gasteiger partial charge in [0.05, 0.1) is 24.6 Å². The Morgan fingerprint density at radius 1 is 0.333 bits per heavy atom. The van der Waals surface area contributed by atoms with E-state index in [0.717, 1.165) is 42.5 Å². The van der Waals surface area contributed by atoms with Gasteiger partial charge in [0.1, 0.15) is 0 Å². The molecule has 0 aliphatic carbocycles. The standard InChI is InChI=1S/C28H24Br4P/c29-25-9-1-21(2-10-25)17-33(18-22-3-11-26(30)12-4-22,19-23-5-13-27(31)14-6-23)20-24-7-15-28(32)16-8-24/h1-16H,17-20H2/q+1. The van der Waals surface area contributed by atoms with Gasteiger partial charge in [-0.25, -0.2) is 0 Å². The molecule has 0 atom stereocenters. The monoisotopic (exact) mass is 707 g/mol. The number of hydrogen-bond acceptors (Lipinski definition) is 0. The van der Waals surface area contributed by atoms with Crippen molar-refractivity contribution in [1.82, 2.24) is 0 Å². The molecule has 0 spiro atoms. The quantitative estimate of drug-likeness (QED) is 0.160. The molecule has 0 amide bonds. The van der Waals surface area contributed by atoms with E-state index < -0.39 is 7.26 Å². The minimum atomic E-state index is -1.51. The van der Waals surface area contributed by atoms with E-state index >= 15 is 0 Å². The maximum absolute atomic E-state index is 3.60. The number of rotatable bonds is 8. The Bertz CT molecular complexity index is 973. The van der Waals surface area contributed by atoms with Crippen LogP contribution in [0, 0.1) is 0 Å². The number of halogens is 4. The van der Waals surface area contributed by atoms with Gasteiger partial charge in [-0.2, -0.15) is 0 Å². The van der Waals surface area contributed by atoms with Crippen molar-refractivity contribution in [2.24, 2.45) is 0 Å². The van der Waals surface area contributed by atoms with Gasteiger partial charge in [-0.1, -0.05) is 112 Å². The highest BCUT2D eigenvalue weighted by atomic mass is 79.9. The third-order valence-corrected chi connectivity index (χ3v) is 12.0. The molecule has 0 bridgehead atoms. The first kappa shape index (κ1) is 25.3. The average molecular weight is 711 g/mol. The van der Waals surface area contributed by atoms with Crippen LogP contribution in [-0.4, -0.2) is 0 Å². The maximum Gasteiger partial charge on any atom is 0.0852 e. The number of hydrogen-bond donors (Lipinski definition) is 0. The molecular weight excluding hydrogens is 687 g/mol. The highest BCUT2D eigenvalue weighted by Gasteiger charge is 2.38. The molecule has 4 rings (SSSR count). The third kappa shape index (κ3) is 7.61. The van der Waals surface area contributed by atoms with E-state index in [1.165, 1.54) is 22.3 Å². The van der Waals surface area contributed by atoms with Gasteiger partial charge in [0.25, 0.3) is 0 Å². The second-order valence-corrected chi connectivity index (χ2v) is 16.1. The zero-order chi connectivity index (χ0) is 23.3. The predicted octanol–water partition coefficient (Wildman–Crippen LogP) is 10.9. The van der Waals surface area contributed by atoms with Crippen LogP contribution in [0.1, 0.15) is 22.3 Å². The van der Waals surface area contributed by atoms with Gasteiger partial charge in [0.2, 0.25) is 0 Å². The minimum absolute atomic E-state index is 1.11. The van der Waals surface area contributed by atoms with Gasteiger partial charge in [-0.05, 0) is 70.8 Å². The first-order chi connectivity index (χ1) is 15.9. The normalized spacial score (nSPS) is 11.5. The Balaban J connectivity index is 1.77. The Morgan fingerprint density at radius 3 is 0.697 bits per heavy atom. The molecule has 0 fully saturated rings. The lowest BCUT2D eigenvalue weighted by Gasteiger charge is -2.29. The lowest BCUT2D eigenvalue weighted by molar-refractivity contribution is 1.16. The van der Waals surface area contributed by atoms with Crippen LogP contribution in [0.25, 0.3) is 0 Å². The van der Waals surface area contributed by atoms with Crippen molar-refractivity contribution in [1.29, 1.82) is 0 Å². The molecule has 5 heteroatoms. The van der Waals surface area contributed by atoms with Crippen LogP contribution in [0.3, 0.4) is 0 Å². The second kappa shape index (κ2) is 11.8. The molecule has 0 radical (unpaired) electrons. The lowest BCUT2D eigenvalue weighted by Crippen LogP contribution is -2.08. The average Bonchev–Trinajstić information content (AvgIpc) is 2.80. The van der Waals surface area contributed by atoms with Gasteiger partial charge >= 0.3 is 0 Å². The van der Waals surface area contributed by atoms with E-state index in [1.807, 2.05) is 0 Å². The molecule has 4 aromatic rings. The first-order valence-electron chi connectivity index (χ1n) is 10.7. The van der Waals surface area contributed by atoms with Crippen LogP contribution in [0.4, 0.5) is 0 Å². The molecule has 33 heavy (non-hydrogen) atoms. The van der Waals surface area contributed by atoms with Crippen molar-refractivity contribution in [3.63, 3.8) is 0 Å². The van der Waals surface area contributed by atoms with Crippen molar-refractivity contribution < 1.29 is 0 Å². The zero-order valence-corrected chi connectivity index (χ0v) is 25.3. The van der Waals surface area contributed by atoms with Crippen LogP contribution >= 0.6 is 71.0 Å². The molecule has 0 heterocycles. The van der Waals surface area contributed by atoms with Gasteiger partial charge in [0.15, 0.2) is 0 Å². The Kier molecular flexibility index (Phi) is 9.04. The van der Waals surface area contributed by atoms with E-state index in [-0.39, 0.29) is 0 Å². The van der Waals surface area contributed by atoms with E-state index in [4.69, 9.17) is 0 Å². The van der Waals surface area contributed by atoms with Crippen LogP contribution < -0.4 is 0 Å². The topological polar surface area (TPSA) is 0 Å². The summed E-state index contributed by atoms with van der Waals surface area (Å²) in [6.07, 6.45) is 4.45. The largest absolute Gasteiger partial charge is 0.0852 e. The van der Waals surface area contributed by atoms with Crippen LogP contribution in [0.2, 0.25) is 0 Å². The predicted molar refractivity (Wildman–Crippen MR) is 158 cm³/mol. The van der Waals surface area contributed by atoms with Gasteiger partial charge in [0, 0.05) is 25.2 Å². The highest BCUT2D eigenvalue weighted by Crippen LogP contribution is 2.68. The minimum Gasteiger partial charge on any atom is -0.0543 e. The molecule has 0 N–H and O–H groups in total. The summed E-state index contributed by atoms with van der Waals surface area (Å²) in [7, 11) is -1.51. The van der Waals surface area contributed by atoms with Crippen molar-refractivity contribution in [2.45, 2.75) is 24.6 Å². The summed E-state index contributed by atoms with van der Waals surface area (Å²) in [6.45, 7) is 0. The van der Waals surface area contributed by atoms with E-state index in [9.17, 15) is 0 Å². The number of benzene rings is 4. The van der Waals surface area contributed by atoms with Crippen LogP contribution in [0.5, 0.6) is 0 Å². The lowest BCUT2D eigenvalue weighted by atomic mass is 10.2. The van der Waals surface area contributed by atoms with Crippen molar-refractivity contribution >= 4 is 71.0 Å². The fourth-order valence-electron chi connectivity index (χ4n) is 4.24. The van der Waals surface area contributed by atoms with Crippen molar-refractivity contribution in [3.05, 3.63) is 137 Å². The summed E-state index contributed by atoms with van der Waals surface area (Å²) >= 11 is 14.4. The second-order valence-electron chi connectivity index (χ2n) is 8.48. The zero-order valence-electron chi connectivity index (χ0n) is 18.0. The molecule has 0 nitrogen and oxygen atoms in total. The molecule has 0 aliphatic heterocycles. The molecule has 0 aromatic heterocycles. The van der Waals surface area contributed by atoms with Crippen molar-refractivity contribution in [2.75, 3.05) is 0 Å². The Morgan fingerprint density at radius 2 is 0.515 bits per heavy atom. The Hall–Kier alpha value is -0.770. The summed E-state index contributed by atoms with van der Waals surface area (Å²) in [5.41, 5.74) is 5.66. The first-order valence-corrected chi connectivity index (χ1v) is 16.4. The summed E-state index contributed by atoms with van der Waals surface area (Å²) in [6, 6.07) is 35.6. The fourth-order valence-corrected chi connectivity index (χ4v) is 9.91. The smallest absolute Gasteiger partial charge is 0.0543 e. The molecule has 0 aliphatic rings. The third-order valence-electron chi connectivity index (χ3n) is 5.72. The summed E-state index contributed by atoms with van der Waals surface area (Å²) in [4.78, 5) is 0. The summed E-state index contributed by atoms with van der Waals surface area (Å²) < 4.78 is 4.51. The maximum atomic E-state index is 3.60. The van der Waals surface area contributed by atoms with Gasteiger partial charge in [-0.3, -0.25) is 0 Å². The molecule has 0 saturated heterocycles. The molecular formula is C28H24Br4P+. The SMILES string of the molecule is Brc1ccc(C[P+](Cc2ccc(Br)cc2)(Cc2ccc(Br)cc2)Cc2ccc(Br)cc2)cc1. The molecule has 4 aromatic carbocycles. The summed E-state index contributed by atoms with van der Waals surface area (Å²) in [5.74, 6) is 0. The molecule has 0 saturated carbocycles. The Labute approximate surface area is 231 Å². The van der Waals surface area contributed by atoms with Crippen LogP contribution in [0.15, 0.2) is 115 Å². The molecule has 168 valence electrons. The fraction of sp³-hybridized carbons (Fsp3) is 0.143. The van der Waals surface area contributed by atoms with Gasteiger partial charge < -0.3 is 0 Å². The molecule has 0 unspecified atom stereocenters. The highest BCUT2D eigenvalue weighted by molar-refractivity contribution is 9.11. The van der Waals surface area contributed by atoms with E-state index in [1.54, 1.807) is 0 Å². The van der Waals surface area contributed by atoms with Gasteiger partial charge in [-0.15, -0.1) is 0 Å². The van der Waals surface area contributed by atoms with Crippen LogP contribution in [-0.2, 0) is 24.6 Å².